The van der Waals surface area contributed by atoms with Crippen LogP contribution >= 0.6 is 34.5 Å². The van der Waals surface area contributed by atoms with Crippen LogP contribution in [0.15, 0.2) is 18.3 Å². The van der Waals surface area contributed by atoms with Gasteiger partial charge >= 0.3 is 0 Å². The van der Waals surface area contributed by atoms with E-state index < -0.39 is 5.82 Å². The summed E-state index contributed by atoms with van der Waals surface area (Å²) in [6.45, 7) is 6.92. The zero-order valence-electron chi connectivity index (χ0n) is 11.4. The summed E-state index contributed by atoms with van der Waals surface area (Å²) >= 11 is 13.6. The van der Waals surface area contributed by atoms with Crippen molar-refractivity contribution in [2.24, 2.45) is 0 Å². The number of hydrogen-bond acceptors (Lipinski definition) is 3. The van der Waals surface area contributed by atoms with Crippen LogP contribution in [0.4, 0.5) is 10.1 Å². The summed E-state index contributed by atoms with van der Waals surface area (Å²) in [5.41, 5.74) is 0.578. The van der Waals surface area contributed by atoms with Crippen molar-refractivity contribution in [3.05, 3.63) is 44.1 Å². The minimum absolute atomic E-state index is 0.0358. The Balaban J connectivity index is 2.12. The largest absolute Gasteiger partial charge is 0.378 e. The SMILES string of the molecule is CC(C)(C)c1ncc(CNc2c(Cl)cc(F)cc2Cl)s1. The summed E-state index contributed by atoms with van der Waals surface area (Å²) in [7, 11) is 0. The number of rotatable bonds is 3. The first kappa shape index (κ1) is 15.5. The average molecular weight is 333 g/mol. The van der Waals surface area contributed by atoms with Crippen LogP contribution < -0.4 is 5.32 Å². The highest BCUT2D eigenvalue weighted by atomic mass is 35.5. The Kier molecular flexibility index (Phi) is 4.57. The van der Waals surface area contributed by atoms with Gasteiger partial charge in [-0.2, -0.15) is 0 Å². The number of anilines is 1. The summed E-state index contributed by atoms with van der Waals surface area (Å²) < 4.78 is 13.1. The van der Waals surface area contributed by atoms with E-state index in [4.69, 9.17) is 23.2 Å². The fourth-order valence-electron chi connectivity index (χ4n) is 1.62. The van der Waals surface area contributed by atoms with Crippen LogP contribution in [0, 0.1) is 5.82 Å². The van der Waals surface area contributed by atoms with Crippen LogP contribution in [-0.2, 0) is 12.0 Å². The lowest BCUT2D eigenvalue weighted by atomic mass is 9.98. The molecule has 0 fully saturated rings. The molecule has 0 saturated carbocycles. The number of benzene rings is 1. The van der Waals surface area contributed by atoms with E-state index in [1.165, 1.54) is 12.1 Å². The van der Waals surface area contributed by atoms with Crippen LogP contribution in [0.1, 0.15) is 30.7 Å². The molecule has 20 heavy (non-hydrogen) atoms. The second kappa shape index (κ2) is 5.88. The van der Waals surface area contributed by atoms with Gasteiger partial charge in [-0.15, -0.1) is 11.3 Å². The molecule has 2 rings (SSSR count). The van der Waals surface area contributed by atoms with E-state index in [1.54, 1.807) is 11.3 Å². The standard InChI is InChI=1S/C14H15Cl2FN2S/c1-14(2,3)13-19-7-9(20-13)6-18-12-10(15)4-8(17)5-11(12)16/h4-5,7,18H,6H2,1-3H3. The molecule has 2 aromatic rings. The predicted molar refractivity (Wildman–Crippen MR) is 84.6 cm³/mol. The van der Waals surface area contributed by atoms with E-state index in [1.807, 2.05) is 6.20 Å². The second-order valence-electron chi connectivity index (χ2n) is 5.48. The highest BCUT2D eigenvalue weighted by Gasteiger charge is 2.18. The third-order valence-corrected chi connectivity index (χ3v) is 4.66. The predicted octanol–water partition coefficient (Wildman–Crippen LogP) is 5.50. The van der Waals surface area contributed by atoms with Crippen molar-refractivity contribution in [1.82, 2.24) is 4.98 Å². The monoisotopic (exact) mass is 332 g/mol. The number of thiazole rings is 1. The zero-order valence-corrected chi connectivity index (χ0v) is 13.8. The van der Waals surface area contributed by atoms with E-state index in [9.17, 15) is 4.39 Å². The van der Waals surface area contributed by atoms with E-state index >= 15 is 0 Å². The molecule has 0 atom stereocenters. The van der Waals surface area contributed by atoms with Gasteiger partial charge in [-0.25, -0.2) is 9.37 Å². The topological polar surface area (TPSA) is 24.9 Å². The fraction of sp³-hybridized carbons (Fsp3) is 0.357. The van der Waals surface area contributed by atoms with Gasteiger partial charge in [0.1, 0.15) is 5.82 Å². The van der Waals surface area contributed by atoms with Crippen LogP contribution in [0.25, 0.3) is 0 Å². The lowest BCUT2D eigenvalue weighted by Gasteiger charge is -2.13. The van der Waals surface area contributed by atoms with Crippen LogP contribution in [0.5, 0.6) is 0 Å². The van der Waals surface area contributed by atoms with Crippen molar-refractivity contribution < 1.29 is 4.39 Å². The van der Waals surface area contributed by atoms with Crippen molar-refractivity contribution in [2.45, 2.75) is 32.7 Å². The Bertz CT molecular complexity index is 597. The van der Waals surface area contributed by atoms with Gasteiger partial charge in [0.15, 0.2) is 0 Å². The zero-order chi connectivity index (χ0) is 14.9. The van der Waals surface area contributed by atoms with E-state index in [0.29, 0.717) is 12.2 Å². The molecule has 0 spiro atoms. The Labute approximate surface area is 131 Å². The molecule has 1 heterocycles. The quantitative estimate of drug-likeness (QED) is 0.802. The molecule has 6 heteroatoms. The molecule has 0 radical (unpaired) electrons. The first-order valence-corrected chi connectivity index (χ1v) is 7.68. The van der Waals surface area contributed by atoms with Crippen molar-refractivity contribution in [2.75, 3.05) is 5.32 Å². The molecule has 0 saturated heterocycles. The van der Waals surface area contributed by atoms with Gasteiger partial charge in [0.25, 0.3) is 0 Å². The van der Waals surface area contributed by atoms with E-state index in [2.05, 4.69) is 31.1 Å². The van der Waals surface area contributed by atoms with Gasteiger partial charge in [0.2, 0.25) is 0 Å². The van der Waals surface area contributed by atoms with Crippen molar-refractivity contribution >= 4 is 40.2 Å². The molecule has 1 N–H and O–H groups in total. The first-order chi connectivity index (χ1) is 9.27. The van der Waals surface area contributed by atoms with Crippen molar-refractivity contribution in [3.8, 4) is 0 Å². The minimum Gasteiger partial charge on any atom is -0.378 e. The molecular weight excluding hydrogens is 318 g/mol. The van der Waals surface area contributed by atoms with Gasteiger partial charge < -0.3 is 5.32 Å². The number of halogens is 3. The number of aromatic nitrogens is 1. The molecule has 0 aliphatic carbocycles. The van der Waals surface area contributed by atoms with Gasteiger partial charge in [0.05, 0.1) is 27.3 Å². The third kappa shape index (κ3) is 3.62. The molecule has 0 unspecified atom stereocenters. The lowest BCUT2D eigenvalue weighted by Crippen LogP contribution is -2.09. The summed E-state index contributed by atoms with van der Waals surface area (Å²) in [6, 6.07) is 2.48. The van der Waals surface area contributed by atoms with Crippen molar-refractivity contribution in [1.29, 1.82) is 0 Å². The normalized spacial score (nSPS) is 11.7. The molecule has 1 aromatic heterocycles. The molecule has 108 valence electrons. The van der Waals surface area contributed by atoms with Gasteiger partial charge in [-0.3, -0.25) is 0 Å². The molecule has 1 aromatic carbocycles. The minimum atomic E-state index is -0.446. The summed E-state index contributed by atoms with van der Waals surface area (Å²) in [4.78, 5) is 5.49. The maximum absolute atomic E-state index is 13.1. The molecule has 0 aliphatic heterocycles. The molecule has 0 aliphatic rings. The second-order valence-corrected chi connectivity index (χ2v) is 7.41. The highest BCUT2D eigenvalue weighted by molar-refractivity contribution is 7.11. The summed E-state index contributed by atoms with van der Waals surface area (Å²) in [5.74, 6) is -0.446. The third-order valence-electron chi connectivity index (χ3n) is 2.64. The lowest BCUT2D eigenvalue weighted by molar-refractivity contribution is 0.585. The Morgan fingerprint density at radius 3 is 2.35 bits per heavy atom. The summed E-state index contributed by atoms with van der Waals surface area (Å²) in [6.07, 6.45) is 1.84. The number of nitrogens with one attached hydrogen (secondary N) is 1. The van der Waals surface area contributed by atoms with Gasteiger partial charge in [-0.1, -0.05) is 44.0 Å². The first-order valence-electron chi connectivity index (χ1n) is 6.11. The van der Waals surface area contributed by atoms with Crippen LogP contribution in [-0.4, -0.2) is 4.98 Å². The number of nitrogens with zero attached hydrogens (tertiary/aromatic N) is 1. The van der Waals surface area contributed by atoms with Crippen LogP contribution in [0.2, 0.25) is 10.0 Å². The highest BCUT2D eigenvalue weighted by Crippen LogP contribution is 2.32. The molecule has 0 bridgehead atoms. The number of hydrogen-bond donors (Lipinski definition) is 1. The Morgan fingerprint density at radius 1 is 1.25 bits per heavy atom. The molecule has 2 nitrogen and oxygen atoms in total. The van der Waals surface area contributed by atoms with Gasteiger partial charge in [0, 0.05) is 16.5 Å². The fourth-order valence-corrected chi connectivity index (χ4v) is 3.13. The van der Waals surface area contributed by atoms with Gasteiger partial charge in [-0.05, 0) is 12.1 Å². The summed E-state index contributed by atoms with van der Waals surface area (Å²) in [5, 5.41) is 4.75. The Hall–Kier alpha value is -0.840. The Morgan fingerprint density at radius 2 is 1.85 bits per heavy atom. The van der Waals surface area contributed by atoms with E-state index in [-0.39, 0.29) is 15.5 Å². The maximum atomic E-state index is 13.1. The van der Waals surface area contributed by atoms with Crippen molar-refractivity contribution in [3.63, 3.8) is 0 Å². The van der Waals surface area contributed by atoms with E-state index in [0.717, 1.165) is 9.88 Å². The maximum Gasteiger partial charge on any atom is 0.126 e. The molecule has 0 amide bonds. The average Bonchev–Trinajstić information content (AvgIpc) is 2.75. The smallest absolute Gasteiger partial charge is 0.126 e. The van der Waals surface area contributed by atoms with Crippen LogP contribution in [0.3, 0.4) is 0 Å². The molecular formula is C14H15Cl2FN2S.